The molecule has 0 aliphatic heterocycles. The van der Waals surface area contributed by atoms with Crippen LogP contribution in [0.5, 0.6) is 0 Å². The van der Waals surface area contributed by atoms with Gasteiger partial charge in [-0.25, -0.2) is 4.57 Å². The SMILES string of the molecule is O=P(O)(O)OCc1ccccc1.[H-].[H-].[K+].[K+].c1ccc(N(c2ccccc2)c2ccccc2)cc1. The molecule has 0 saturated carbocycles. The van der Waals surface area contributed by atoms with Gasteiger partial charge in [0.1, 0.15) is 0 Å². The second-order valence-corrected chi connectivity index (χ2v) is 7.83. The standard InChI is InChI=1S/C18H15N.C7H9O4P.2K.2H/c1-4-10-16(11-5-1)19(17-12-6-2-7-13-17)18-14-8-3-9-15-18;8-12(9,10)11-6-7-4-2-1-3-5-7;;;;/h1-15H;1-5H,6H2,(H2,8,9,10);;;;/q;;2*+1;2*-1. The van der Waals surface area contributed by atoms with Crippen LogP contribution in [0.4, 0.5) is 17.1 Å². The molecule has 0 spiro atoms. The van der Waals surface area contributed by atoms with Gasteiger partial charge in [0.2, 0.25) is 0 Å². The first-order valence-electron chi connectivity index (χ1n) is 9.72. The van der Waals surface area contributed by atoms with E-state index in [1.165, 1.54) is 17.1 Å². The summed E-state index contributed by atoms with van der Waals surface area (Å²) < 4.78 is 14.6. The first kappa shape index (κ1) is 31.1. The topological polar surface area (TPSA) is 70.0 Å². The van der Waals surface area contributed by atoms with Gasteiger partial charge in [-0.1, -0.05) is 84.9 Å². The molecule has 4 rings (SSSR count). The van der Waals surface area contributed by atoms with Crippen molar-refractivity contribution in [1.29, 1.82) is 0 Å². The Morgan fingerprint density at radius 2 is 0.909 bits per heavy atom. The zero-order chi connectivity index (χ0) is 21.9. The van der Waals surface area contributed by atoms with Crippen LogP contribution in [0, 0.1) is 0 Å². The molecule has 0 saturated heterocycles. The number of phosphoric acid groups is 1. The molecule has 8 heteroatoms. The third-order valence-corrected chi connectivity index (χ3v) is 4.75. The largest absolute Gasteiger partial charge is 1.00 e. The predicted molar refractivity (Wildman–Crippen MR) is 127 cm³/mol. The quantitative estimate of drug-likeness (QED) is 0.293. The Labute approximate surface area is 283 Å². The van der Waals surface area contributed by atoms with Crippen LogP contribution in [0.25, 0.3) is 0 Å². The summed E-state index contributed by atoms with van der Waals surface area (Å²) in [6.45, 7) is -0.0644. The fraction of sp³-hybridized carbons (Fsp3) is 0.0400. The van der Waals surface area contributed by atoms with Crippen molar-refractivity contribution < 1.29 is 124 Å². The Balaban J connectivity index is 0. The van der Waals surface area contributed by atoms with Crippen molar-refractivity contribution in [2.75, 3.05) is 4.90 Å². The normalized spacial score (nSPS) is 10.0. The van der Waals surface area contributed by atoms with Gasteiger partial charge in [0, 0.05) is 17.1 Å². The Kier molecular flexibility index (Phi) is 15.7. The van der Waals surface area contributed by atoms with Gasteiger partial charge in [-0.15, -0.1) is 0 Å². The Bertz CT molecular complexity index is 1000. The van der Waals surface area contributed by atoms with Crippen LogP contribution in [0.1, 0.15) is 8.42 Å². The van der Waals surface area contributed by atoms with Gasteiger partial charge in [-0.05, 0) is 42.0 Å². The van der Waals surface area contributed by atoms with Crippen LogP contribution in [-0.4, -0.2) is 9.79 Å². The van der Waals surface area contributed by atoms with E-state index in [9.17, 15) is 4.57 Å². The number of para-hydroxylation sites is 3. The van der Waals surface area contributed by atoms with Crippen LogP contribution in [-0.2, 0) is 15.7 Å². The van der Waals surface area contributed by atoms with Crippen LogP contribution in [0.2, 0.25) is 0 Å². The van der Waals surface area contributed by atoms with Gasteiger partial charge >= 0.3 is 111 Å². The summed E-state index contributed by atoms with van der Waals surface area (Å²) in [5.74, 6) is 0. The third kappa shape index (κ3) is 11.6. The maximum Gasteiger partial charge on any atom is 1.00 e. The van der Waals surface area contributed by atoms with Gasteiger partial charge in [0.25, 0.3) is 0 Å². The molecule has 4 aromatic rings. The summed E-state index contributed by atoms with van der Waals surface area (Å²) in [5.41, 5.74) is 4.24. The van der Waals surface area contributed by atoms with Crippen molar-refractivity contribution in [3.63, 3.8) is 0 Å². The average Bonchev–Trinajstić information content (AvgIpc) is 2.81. The van der Waals surface area contributed by atoms with E-state index in [-0.39, 0.29) is 112 Å². The maximum absolute atomic E-state index is 10.3. The minimum atomic E-state index is -4.33. The Hall–Kier alpha value is 0.0627. The third-order valence-electron chi connectivity index (χ3n) is 4.29. The predicted octanol–water partition coefficient (Wildman–Crippen LogP) is 0.685. The molecule has 0 fully saturated rings. The molecule has 0 amide bonds. The van der Waals surface area contributed by atoms with Gasteiger partial charge in [0.15, 0.2) is 0 Å². The minimum absolute atomic E-state index is 0. The fourth-order valence-corrected chi connectivity index (χ4v) is 3.23. The maximum atomic E-state index is 10.3. The number of hydrogen-bond acceptors (Lipinski definition) is 3. The van der Waals surface area contributed by atoms with Crippen molar-refractivity contribution in [3.05, 3.63) is 127 Å². The van der Waals surface area contributed by atoms with Crippen LogP contribution in [0.15, 0.2) is 121 Å². The molecular formula is C25H26K2NO4P. The van der Waals surface area contributed by atoms with Crippen LogP contribution in [0.3, 0.4) is 0 Å². The summed E-state index contributed by atoms with van der Waals surface area (Å²) >= 11 is 0. The Morgan fingerprint density at radius 1 is 0.606 bits per heavy atom. The molecule has 2 N–H and O–H groups in total. The van der Waals surface area contributed by atoms with Gasteiger partial charge in [-0.3, -0.25) is 4.52 Å². The molecule has 5 nitrogen and oxygen atoms in total. The average molecular weight is 514 g/mol. The molecule has 162 valence electrons. The van der Waals surface area contributed by atoms with Crippen molar-refractivity contribution in [2.24, 2.45) is 0 Å². The van der Waals surface area contributed by atoms with Gasteiger partial charge < -0.3 is 17.5 Å². The zero-order valence-electron chi connectivity index (χ0n) is 20.9. The summed E-state index contributed by atoms with van der Waals surface area (Å²) in [4.78, 5) is 19.0. The number of phosphoric ester groups is 1. The number of rotatable bonds is 6. The van der Waals surface area contributed by atoms with Crippen molar-refractivity contribution in [3.8, 4) is 0 Å². The molecule has 0 radical (unpaired) electrons. The molecular weight excluding hydrogens is 487 g/mol. The van der Waals surface area contributed by atoms with E-state index in [4.69, 9.17) is 9.79 Å². The minimum Gasteiger partial charge on any atom is -1.00 e. The molecule has 0 bridgehead atoms. The van der Waals surface area contributed by atoms with E-state index in [2.05, 4.69) is 82.2 Å². The summed E-state index contributed by atoms with van der Waals surface area (Å²) in [5, 5.41) is 0. The van der Waals surface area contributed by atoms with Crippen molar-refractivity contribution in [1.82, 2.24) is 0 Å². The Morgan fingerprint density at radius 3 is 1.21 bits per heavy atom. The number of benzene rings is 4. The first-order chi connectivity index (χ1) is 15.0. The van der Waals surface area contributed by atoms with Crippen molar-refractivity contribution in [2.45, 2.75) is 6.61 Å². The number of hydrogen-bond donors (Lipinski definition) is 2. The van der Waals surface area contributed by atoms with E-state index < -0.39 is 7.82 Å². The fourth-order valence-electron chi connectivity index (χ4n) is 2.91. The second kappa shape index (κ2) is 16.7. The smallest absolute Gasteiger partial charge is 1.00 e. The van der Waals surface area contributed by atoms with E-state index in [0.717, 1.165) is 5.56 Å². The summed E-state index contributed by atoms with van der Waals surface area (Å²) in [6.07, 6.45) is 0. The molecule has 33 heavy (non-hydrogen) atoms. The van der Waals surface area contributed by atoms with E-state index >= 15 is 0 Å². The monoisotopic (exact) mass is 513 g/mol. The van der Waals surface area contributed by atoms with Crippen LogP contribution >= 0.6 is 7.82 Å². The second-order valence-electron chi connectivity index (χ2n) is 6.59. The van der Waals surface area contributed by atoms with E-state index in [1.807, 2.05) is 24.3 Å². The summed E-state index contributed by atoms with van der Waals surface area (Å²) in [6, 6.07) is 40.1. The molecule has 4 aromatic carbocycles. The number of nitrogens with zero attached hydrogens (tertiary/aromatic N) is 1. The molecule has 0 aliphatic carbocycles. The van der Waals surface area contributed by atoms with Crippen LogP contribution < -0.4 is 108 Å². The first-order valence-corrected chi connectivity index (χ1v) is 11.3. The number of anilines is 3. The van der Waals surface area contributed by atoms with Gasteiger partial charge in [-0.2, -0.15) is 0 Å². The van der Waals surface area contributed by atoms with Gasteiger partial charge in [0.05, 0.1) is 6.61 Å². The molecule has 0 heterocycles. The zero-order valence-corrected chi connectivity index (χ0v) is 26.0. The molecule has 0 unspecified atom stereocenters. The summed E-state index contributed by atoms with van der Waals surface area (Å²) in [7, 11) is -4.33. The molecule has 0 aromatic heterocycles. The van der Waals surface area contributed by atoms with E-state index in [1.54, 1.807) is 24.3 Å². The van der Waals surface area contributed by atoms with E-state index in [0.29, 0.717) is 0 Å². The van der Waals surface area contributed by atoms with Crippen molar-refractivity contribution >= 4 is 24.9 Å². The molecule has 0 aliphatic rings. The molecule has 0 atom stereocenters.